The Hall–Kier alpha value is -0.920. The Labute approximate surface area is 140 Å². The van der Waals surface area contributed by atoms with Crippen LogP contribution in [-0.2, 0) is 6.61 Å². The number of nitro groups is 1. The van der Waals surface area contributed by atoms with Crippen molar-refractivity contribution in [1.29, 1.82) is 0 Å². The maximum atomic E-state index is 10.9. The molecule has 0 N–H and O–H groups in total. The normalized spacial score (nSPS) is 10.3. The van der Waals surface area contributed by atoms with Crippen LogP contribution in [0.15, 0.2) is 49.8 Å². The zero-order chi connectivity index (χ0) is 14.7. The molecule has 0 aromatic heterocycles. The third kappa shape index (κ3) is 3.59. The van der Waals surface area contributed by atoms with Crippen molar-refractivity contribution in [1.82, 2.24) is 0 Å². The van der Waals surface area contributed by atoms with Crippen molar-refractivity contribution in [3.63, 3.8) is 0 Å². The van der Waals surface area contributed by atoms with Crippen LogP contribution >= 0.6 is 47.8 Å². The number of nitro benzene ring substituents is 1. The smallest absolute Gasteiger partial charge is 0.283 e. The molecule has 0 fully saturated rings. The first-order chi connectivity index (χ1) is 9.49. The highest BCUT2D eigenvalue weighted by Crippen LogP contribution is 2.32. The summed E-state index contributed by atoms with van der Waals surface area (Å²) in [5.41, 5.74) is 0.745. The quantitative estimate of drug-likeness (QED) is 0.445. The molecular weight excluding hydrogens is 458 g/mol. The first-order valence-electron chi connectivity index (χ1n) is 5.48. The Balaban J connectivity index is 2.19. The van der Waals surface area contributed by atoms with Gasteiger partial charge in [0.25, 0.3) is 5.69 Å². The molecule has 104 valence electrons. The van der Waals surface area contributed by atoms with Gasteiger partial charge in [0.1, 0.15) is 16.8 Å². The predicted molar refractivity (Wildman–Crippen MR) is 87.0 cm³/mol. The van der Waals surface area contributed by atoms with Gasteiger partial charge in [-0.3, -0.25) is 10.1 Å². The van der Waals surface area contributed by atoms with E-state index in [9.17, 15) is 10.1 Å². The summed E-state index contributed by atoms with van der Waals surface area (Å²) in [5.74, 6) is 0.673. The van der Waals surface area contributed by atoms with Crippen LogP contribution in [-0.4, -0.2) is 4.92 Å². The minimum absolute atomic E-state index is 0.0287. The molecule has 0 saturated carbocycles. The Kier molecular flexibility index (Phi) is 5.17. The zero-order valence-corrected chi connectivity index (χ0v) is 14.7. The van der Waals surface area contributed by atoms with Crippen LogP contribution in [0.25, 0.3) is 0 Å². The molecule has 0 heterocycles. The first-order valence-corrected chi connectivity index (χ1v) is 7.86. The Morgan fingerprint density at radius 1 is 1.15 bits per heavy atom. The van der Waals surface area contributed by atoms with Crippen molar-refractivity contribution in [2.45, 2.75) is 6.61 Å². The third-order valence-electron chi connectivity index (χ3n) is 2.53. The molecule has 0 unspecified atom stereocenters. The van der Waals surface area contributed by atoms with Crippen molar-refractivity contribution in [3.8, 4) is 5.75 Å². The molecule has 0 saturated heterocycles. The summed E-state index contributed by atoms with van der Waals surface area (Å²) >= 11 is 10.0. The third-order valence-corrected chi connectivity index (χ3v) is 4.56. The molecule has 0 atom stereocenters. The SMILES string of the molecule is O=[N+]([O-])c1cccc(COc2ccc(Br)cc2Br)c1Br. The van der Waals surface area contributed by atoms with Crippen LogP contribution < -0.4 is 4.74 Å². The fourth-order valence-electron chi connectivity index (χ4n) is 1.57. The maximum Gasteiger partial charge on any atom is 0.283 e. The molecule has 0 amide bonds. The van der Waals surface area contributed by atoms with E-state index >= 15 is 0 Å². The highest BCUT2D eigenvalue weighted by molar-refractivity contribution is 9.11. The van der Waals surface area contributed by atoms with Crippen molar-refractivity contribution >= 4 is 53.5 Å². The van der Waals surface area contributed by atoms with E-state index in [1.807, 2.05) is 18.2 Å². The molecule has 4 nitrogen and oxygen atoms in total. The summed E-state index contributed by atoms with van der Waals surface area (Å²) in [7, 11) is 0. The van der Waals surface area contributed by atoms with Gasteiger partial charge in [-0.25, -0.2) is 0 Å². The van der Waals surface area contributed by atoms with Crippen molar-refractivity contribution in [2.24, 2.45) is 0 Å². The Morgan fingerprint density at radius 2 is 1.90 bits per heavy atom. The van der Waals surface area contributed by atoms with Gasteiger partial charge in [0, 0.05) is 16.1 Å². The van der Waals surface area contributed by atoms with Gasteiger partial charge in [-0.2, -0.15) is 0 Å². The number of halogens is 3. The van der Waals surface area contributed by atoms with Crippen molar-refractivity contribution in [3.05, 3.63) is 65.5 Å². The molecule has 7 heteroatoms. The summed E-state index contributed by atoms with van der Waals surface area (Å²) in [6.45, 7) is 0.239. The highest BCUT2D eigenvalue weighted by atomic mass is 79.9. The standard InChI is InChI=1S/C13H8Br3NO3/c14-9-4-5-12(10(15)6-9)20-7-8-2-1-3-11(13(8)16)17(18)19/h1-6H,7H2. The van der Waals surface area contributed by atoms with E-state index in [0.717, 1.165) is 8.95 Å². The number of hydrogen-bond donors (Lipinski definition) is 0. The van der Waals surface area contributed by atoms with Gasteiger partial charge in [-0.15, -0.1) is 0 Å². The van der Waals surface area contributed by atoms with Crippen molar-refractivity contribution in [2.75, 3.05) is 0 Å². The van der Waals surface area contributed by atoms with E-state index in [0.29, 0.717) is 15.8 Å². The molecule has 0 spiro atoms. The van der Waals surface area contributed by atoms with Crippen LogP contribution in [0, 0.1) is 10.1 Å². The fraction of sp³-hybridized carbons (Fsp3) is 0.0769. The highest BCUT2D eigenvalue weighted by Gasteiger charge is 2.15. The Bertz CT molecular complexity index is 661. The molecule has 0 radical (unpaired) electrons. The summed E-state index contributed by atoms with van der Waals surface area (Å²) in [6, 6.07) is 10.4. The van der Waals surface area contributed by atoms with E-state index in [1.54, 1.807) is 12.1 Å². The van der Waals surface area contributed by atoms with E-state index in [4.69, 9.17) is 4.74 Å². The van der Waals surface area contributed by atoms with Crippen LogP contribution in [0.1, 0.15) is 5.56 Å². The summed E-state index contributed by atoms with van der Waals surface area (Å²) in [6.07, 6.45) is 0. The Morgan fingerprint density at radius 3 is 2.55 bits per heavy atom. The van der Waals surface area contributed by atoms with E-state index in [-0.39, 0.29) is 12.3 Å². The first kappa shape index (κ1) is 15.5. The summed E-state index contributed by atoms with van der Waals surface area (Å²) in [4.78, 5) is 10.4. The molecule has 2 aromatic rings. The second kappa shape index (κ2) is 6.69. The lowest BCUT2D eigenvalue weighted by atomic mass is 10.2. The fourth-order valence-corrected chi connectivity index (χ4v) is 3.25. The average molecular weight is 466 g/mol. The second-order valence-electron chi connectivity index (χ2n) is 3.87. The molecule has 0 aliphatic heterocycles. The van der Waals surface area contributed by atoms with Gasteiger partial charge >= 0.3 is 0 Å². The summed E-state index contributed by atoms with van der Waals surface area (Å²) < 4.78 is 7.87. The van der Waals surface area contributed by atoms with Crippen LogP contribution in [0.4, 0.5) is 5.69 Å². The number of ether oxygens (including phenoxy) is 1. The van der Waals surface area contributed by atoms with Gasteiger partial charge in [-0.1, -0.05) is 28.1 Å². The van der Waals surface area contributed by atoms with Crippen LogP contribution in [0.3, 0.4) is 0 Å². The van der Waals surface area contributed by atoms with Crippen LogP contribution in [0.2, 0.25) is 0 Å². The molecule has 0 aliphatic rings. The van der Waals surface area contributed by atoms with Crippen molar-refractivity contribution < 1.29 is 9.66 Å². The molecular formula is C13H8Br3NO3. The minimum Gasteiger partial charge on any atom is -0.488 e. The maximum absolute atomic E-state index is 10.9. The van der Waals surface area contributed by atoms with Gasteiger partial charge in [-0.05, 0) is 50.1 Å². The number of hydrogen-bond acceptors (Lipinski definition) is 3. The van der Waals surface area contributed by atoms with Gasteiger partial charge < -0.3 is 4.74 Å². The van der Waals surface area contributed by atoms with Crippen LogP contribution in [0.5, 0.6) is 5.75 Å². The largest absolute Gasteiger partial charge is 0.488 e. The van der Waals surface area contributed by atoms with E-state index in [2.05, 4.69) is 47.8 Å². The zero-order valence-electron chi connectivity index (χ0n) is 9.98. The van der Waals surface area contributed by atoms with E-state index in [1.165, 1.54) is 6.07 Å². The molecule has 2 aromatic carbocycles. The predicted octanol–water partition coefficient (Wildman–Crippen LogP) is 5.46. The second-order valence-corrected chi connectivity index (χ2v) is 6.43. The van der Waals surface area contributed by atoms with Gasteiger partial charge in [0.05, 0.1) is 9.40 Å². The lowest BCUT2D eigenvalue weighted by Crippen LogP contribution is -1.99. The summed E-state index contributed by atoms with van der Waals surface area (Å²) in [5, 5.41) is 10.9. The molecule has 20 heavy (non-hydrogen) atoms. The topological polar surface area (TPSA) is 52.4 Å². The van der Waals surface area contributed by atoms with Gasteiger partial charge in [0.15, 0.2) is 0 Å². The number of rotatable bonds is 4. The minimum atomic E-state index is -0.427. The number of benzene rings is 2. The molecule has 0 bridgehead atoms. The molecule has 0 aliphatic carbocycles. The number of nitrogens with zero attached hydrogens (tertiary/aromatic N) is 1. The van der Waals surface area contributed by atoms with Gasteiger partial charge in [0.2, 0.25) is 0 Å². The monoisotopic (exact) mass is 463 g/mol. The molecule has 2 rings (SSSR count). The lowest BCUT2D eigenvalue weighted by molar-refractivity contribution is -0.385. The lowest BCUT2D eigenvalue weighted by Gasteiger charge is -2.10. The average Bonchev–Trinajstić information content (AvgIpc) is 2.39. The van der Waals surface area contributed by atoms with E-state index < -0.39 is 4.92 Å².